The SMILES string of the molecule is CNC(C(=O)N1C[C@H](O)CC1C(=O)NCc1ccc(-c2scnc2C)cc1)C(C)(C)C. The second kappa shape index (κ2) is 9.46. The lowest BCUT2D eigenvalue weighted by Crippen LogP contribution is -2.55. The number of aliphatic hydroxyl groups is 1. The number of amides is 2. The molecule has 0 saturated carbocycles. The molecule has 1 aromatic carbocycles. The Bertz CT molecular complexity index is 920. The molecule has 3 N–H and O–H groups in total. The van der Waals surface area contributed by atoms with Crippen LogP contribution in [0.3, 0.4) is 0 Å². The van der Waals surface area contributed by atoms with Crippen LogP contribution in [0.4, 0.5) is 0 Å². The van der Waals surface area contributed by atoms with Crippen molar-refractivity contribution in [1.82, 2.24) is 20.5 Å². The first-order valence-corrected chi connectivity index (χ1v) is 11.4. The van der Waals surface area contributed by atoms with Crippen molar-refractivity contribution in [2.45, 2.75) is 58.8 Å². The number of aliphatic hydroxyl groups excluding tert-OH is 1. The zero-order valence-corrected chi connectivity index (χ0v) is 19.6. The van der Waals surface area contributed by atoms with Crippen LogP contribution < -0.4 is 10.6 Å². The first kappa shape index (κ1) is 23.4. The first-order valence-electron chi connectivity index (χ1n) is 10.5. The summed E-state index contributed by atoms with van der Waals surface area (Å²) in [6.07, 6.45) is -0.444. The number of likely N-dealkylation sites (N-methyl/N-ethyl adjacent to an activating group) is 1. The molecule has 3 rings (SSSR count). The molecule has 3 atom stereocenters. The Morgan fingerprint density at radius 2 is 1.97 bits per heavy atom. The molecule has 1 saturated heterocycles. The molecule has 31 heavy (non-hydrogen) atoms. The van der Waals surface area contributed by atoms with Gasteiger partial charge in [-0.15, -0.1) is 11.3 Å². The molecule has 1 aliphatic heterocycles. The van der Waals surface area contributed by atoms with Gasteiger partial charge in [-0.2, -0.15) is 0 Å². The van der Waals surface area contributed by atoms with Crippen molar-refractivity contribution in [3.8, 4) is 10.4 Å². The van der Waals surface area contributed by atoms with E-state index in [1.54, 1.807) is 18.4 Å². The number of hydrogen-bond donors (Lipinski definition) is 3. The monoisotopic (exact) mass is 444 g/mol. The molecule has 2 heterocycles. The van der Waals surface area contributed by atoms with Crippen LogP contribution in [0.2, 0.25) is 0 Å². The molecule has 1 aliphatic rings. The maximum Gasteiger partial charge on any atom is 0.243 e. The predicted octanol–water partition coefficient (Wildman–Crippen LogP) is 2.33. The number of carbonyl (C=O) groups excluding carboxylic acids is 2. The van der Waals surface area contributed by atoms with Crippen molar-refractivity contribution in [2.24, 2.45) is 5.41 Å². The molecule has 2 amide bonds. The number of carbonyl (C=O) groups is 2. The third kappa shape index (κ3) is 5.31. The molecule has 7 nitrogen and oxygen atoms in total. The fourth-order valence-corrected chi connectivity index (χ4v) is 4.87. The Morgan fingerprint density at radius 3 is 2.52 bits per heavy atom. The van der Waals surface area contributed by atoms with E-state index in [1.807, 2.05) is 57.5 Å². The van der Waals surface area contributed by atoms with Crippen LogP contribution in [-0.4, -0.2) is 58.6 Å². The summed E-state index contributed by atoms with van der Waals surface area (Å²) in [5.74, 6) is -0.396. The van der Waals surface area contributed by atoms with Gasteiger partial charge < -0.3 is 20.6 Å². The van der Waals surface area contributed by atoms with E-state index in [9.17, 15) is 14.7 Å². The minimum atomic E-state index is -0.695. The number of likely N-dealkylation sites (tertiary alicyclic amines) is 1. The van der Waals surface area contributed by atoms with Gasteiger partial charge in [0, 0.05) is 19.5 Å². The number of thiazole rings is 1. The Labute approximate surface area is 187 Å². The third-order valence-electron chi connectivity index (χ3n) is 5.69. The Morgan fingerprint density at radius 1 is 1.29 bits per heavy atom. The molecular formula is C23H32N4O3S. The Kier molecular flexibility index (Phi) is 7.13. The number of β-amino-alcohol motifs (C(OH)–C–C–N with tert-alkyl or cyclic N) is 1. The molecule has 0 spiro atoms. The summed E-state index contributed by atoms with van der Waals surface area (Å²) in [5.41, 5.74) is 4.61. The summed E-state index contributed by atoms with van der Waals surface area (Å²) >= 11 is 1.61. The highest BCUT2D eigenvalue weighted by molar-refractivity contribution is 7.13. The van der Waals surface area contributed by atoms with E-state index in [-0.39, 0.29) is 30.2 Å². The van der Waals surface area contributed by atoms with Crippen molar-refractivity contribution in [2.75, 3.05) is 13.6 Å². The number of aryl methyl sites for hydroxylation is 1. The predicted molar refractivity (Wildman–Crippen MR) is 123 cm³/mol. The topological polar surface area (TPSA) is 94.6 Å². The maximum absolute atomic E-state index is 13.1. The van der Waals surface area contributed by atoms with Crippen LogP contribution >= 0.6 is 11.3 Å². The molecule has 1 fully saturated rings. The molecule has 0 radical (unpaired) electrons. The average molecular weight is 445 g/mol. The fraction of sp³-hybridized carbons (Fsp3) is 0.522. The lowest BCUT2D eigenvalue weighted by Gasteiger charge is -2.34. The molecule has 0 bridgehead atoms. The molecule has 0 aliphatic carbocycles. The van der Waals surface area contributed by atoms with E-state index in [4.69, 9.17) is 0 Å². The number of benzene rings is 1. The molecular weight excluding hydrogens is 412 g/mol. The van der Waals surface area contributed by atoms with Crippen molar-refractivity contribution < 1.29 is 14.7 Å². The van der Waals surface area contributed by atoms with Crippen LogP contribution in [0.1, 0.15) is 38.4 Å². The largest absolute Gasteiger partial charge is 0.391 e. The molecule has 8 heteroatoms. The van der Waals surface area contributed by atoms with Crippen molar-refractivity contribution >= 4 is 23.2 Å². The lowest BCUT2D eigenvalue weighted by atomic mass is 9.86. The van der Waals surface area contributed by atoms with E-state index >= 15 is 0 Å². The summed E-state index contributed by atoms with van der Waals surface area (Å²) in [4.78, 5) is 32.9. The first-order chi connectivity index (χ1) is 14.6. The second-order valence-corrected chi connectivity index (χ2v) is 10.0. The van der Waals surface area contributed by atoms with Crippen LogP contribution in [0, 0.1) is 12.3 Å². The summed E-state index contributed by atoms with van der Waals surface area (Å²) in [7, 11) is 1.74. The van der Waals surface area contributed by atoms with Gasteiger partial charge in [0.15, 0.2) is 0 Å². The van der Waals surface area contributed by atoms with Crippen LogP contribution in [0.25, 0.3) is 10.4 Å². The van der Waals surface area contributed by atoms with E-state index in [1.165, 1.54) is 4.90 Å². The summed E-state index contributed by atoms with van der Waals surface area (Å²) in [5, 5.41) is 16.2. The highest BCUT2D eigenvalue weighted by atomic mass is 32.1. The average Bonchev–Trinajstić information content (AvgIpc) is 3.31. The Balaban J connectivity index is 1.65. The number of nitrogens with one attached hydrogen (secondary N) is 2. The number of rotatable bonds is 6. The zero-order chi connectivity index (χ0) is 22.8. The lowest BCUT2D eigenvalue weighted by molar-refractivity contribution is -0.142. The van der Waals surface area contributed by atoms with Gasteiger partial charge in [-0.1, -0.05) is 45.0 Å². The number of hydrogen-bond acceptors (Lipinski definition) is 6. The summed E-state index contributed by atoms with van der Waals surface area (Å²) in [6.45, 7) is 8.46. The maximum atomic E-state index is 13.1. The smallest absolute Gasteiger partial charge is 0.243 e. The van der Waals surface area contributed by atoms with Gasteiger partial charge in [0.05, 0.1) is 28.2 Å². The van der Waals surface area contributed by atoms with E-state index in [0.29, 0.717) is 6.54 Å². The number of aromatic nitrogens is 1. The summed E-state index contributed by atoms with van der Waals surface area (Å²) in [6, 6.07) is 6.92. The van der Waals surface area contributed by atoms with Crippen molar-refractivity contribution in [1.29, 1.82) is 0 Å². The number of nitrogens with zero attached hydrogens (tertiary/aromatic N) is 2. The third-order valence-corrected chi connectivity index (χ3v) is 6.67. The van der Waals surface area contributed by atoms with Crippen molar-refractivity contribution in [3.05, 3.63) is 41.0 Å². The zero-order valence-electron chi connectivity index (χ0n) is 18.8. The van der Waals surface area contributed by atoms with E-state index < -0.39 is 18.2 Å². The van der Waals surface area contributed by atoms with Crippen LogP contribution in [0.15, 0.2) is 29.8 Å². The molecule has 2 aromatic rings. The van der Waals surface area contributed by atoms with Gasteiger partial charge in [0.1, 0.15) is 6.04 Å². The Hall–Kier alpha value is -2.29. The fourth-order valence-electron chi connectivity index (χ4n) is 4.06. The minimum Gasteiger partial charge on any atom is -0.391 e. The highest BCUT2D eigenvalue weighted by Crippen LogP contribution is 2.28. The summed E-state index contributed by atoms with van der Waals surface area (Å²) < 4.78 is 0. The van der Waals surface area contributed by atoms with Crippen molar-refractivity contribution in [3.63, 3.8) is 0 Å². The molecule has 2 unspecified atom stereocenters. The van der Waals surface area contributed by atoms with Gasteiger partial charge in [-0.05, 0) is 30.5 Å². The second-order valence-electron chi connectivity index (χ2n) is 9.17. The normalized spacial score (nSPS) is 20.0. The van der Waals surface area contributed by atoms with E-state index in [0.717, 1.165) is 21.7 Å². The van der Waals surface area contributed by atoms with Crippen LogP contribution in [0.5, 0.6) is 0 Å². The van der Waals surface area contributed by atoms with E-state index in [2.05, 4.69) is 15.6 Å². The molecule has 1 aromatic heterocycles. The van der Waals surface area contributed by atoms with Gasteiger partial charge in [-0.3, -0.25) is 9.59 Å². The van der Waals surface area contributed by atoms with Gasteiger partial charge in [0.2, 0.25) is 11.8 Å². The molecule has 168 valence electrons. The minimum absolute atomic E-state index is 0.156. The quantitative estimate of drug-likeness (QED) is 0.636. The highest BCUT2D eigenvalue weighted by Gasteiger charge is 2.43. The van der Waals surface area contributed by atoms with Gasteiger partial charge in [-0.25, -0.2) is 4.98 Å². The standard InChI is InChI=1S/C23H32N4O3S/c1-14-19(31-13-26-14)16-8-6-15(7-9-16)11-25-21(29)18-10-17(28)12-27(18)22(30)20(24-5)23(2,3)4/h6-9,13,17-18,20,24,28H,10-12H2,1-5H3,(H,25,29)/t17-,18?,20?/m1/s1. The van der Waals surface area contributed by atoms with Gasteiger partial charge in [0.25, 0.3) is 0 Å². The van der Waals surface area contributed by atoms with Gasteiger partial charge >= 0.3 is 0 Å². The van der Waals surface area contributed by atoms with Crippen LogP contribution in [-0.2, 0) is 16.1 Å².